The Hall–Kier alpha value is -3.07. The summed E-state index contributed by atoms with van der Waals surface area (Å²) in [4.78, 5) is 12.8. The van der Waals surface area contributed by atoms with E-state index in [1.165, 1.54) is 43.8 Å². The molecule has 0 aliphatic rings. The quantitative estimate of drug-likeness (QED) is 0.522. The van der Waals surface area contributed by atoms with Crippen LogP contribution >= 0.6 is 11.6 Å². The number of carbonyl (C=O) groups excluding carboxylic acids is 1. The summed E-state index contributed by atoms with van der Waals surface area (Å²) in [7, 11) is 0.639. The molecule has 0 heterocycles. The third-order valence-electron chi connectivity index (χ3n) is 4.78. The highest BCUT2D eigenvalue weighted by Gasteiger charge is 2.23. The van der Waals surface area contributed by atoms with Gasteiger partial charge in [-0.15, -0.1) is 0 Å². The molecule has 32 heavy (non-hydrogen) atoms. The Morgan fingerprint density at radius 3 is 2.31 bits per heavy atom. The highest BCUT2D eigenvalue weighted by molar-refractivity contribution is 7.89. The largest absolute Gasteiger partial charge is 0.493 e. The topological polar surface area (TPSA) is 84.9 Å². The maximum absolute atomic E-state index is 13.1. The van der Waals surface area contributed by atoms with E-state index >= 15 is 0 Å². The van der Waals surface area contributed by atoms with Gasteiger partial charge in [-0.05, 0) is 35.9 Å². The van der Waals surface area contributed by atoms with Crippen molar-refractivity contribution in [1.29, 1.82) is 0 Å². The van der Waals surface area contributed by atoms with Crippen LogP contribution in [0.25, 0.3) is 0 Å². The first kappa shape index (κ1) is 23.6. The molecule has 0 bridgehead atoms. The number of benzene rings is 3. The molecule has 3 rings (SSSR count). The Balaban J connectivity index is 1.85. The highest BCUT2D eigenvalue weighted by Crippen LogP contribution is 2.30. The minimum atomic E-state index is -3.84. The van der Waals surface area contributed by atoms with Gasteiger partial charge in [0, 0.05) is 25.3 Å². The molecule has 0 aliphatic carbocycles. The lowest BCUT2D eigenvalue weighted by atomic mass is 10.2. The van der Waals surface area contributed by atoms with E-state index in [1.54, 1.807) is 18.2 Å². The van der Waals surface area contributed by atoms with Crippen molar-refractivity contribution in [3.63, 3.8) is 0 Å². The molecule has 1 amide bonds. The minimum Gasteiger partial charge on any atom is -0.493 e. The third-order valence-corrected chi connectivity index (χ3v) is 6.91. The number of carbonyl (C=O) groups is 1. The Morgan fingerprint density at radius 1 is 0.969 bits per heavy atom. The van der Waals surface area contributed by atoms with E-state index in [1.807, 2.05) is 30.3 Å². The van der Waals surface area contributed by atoms with Crippen molar-refractivity contribution in [3.8, 4) is 11.5 Å². The second-order valence-corrected chi connectivity index (χ2v) is 9.36. The SMILES string of the molecule is COc1ccc(NC(=O)c2cc(S(=O)(=O)N(C)Cc3ccccc3)ccc2Cl)cc1OC. The van der Waals surface area contributed by atoms with Gasteiger partial charge in [-0.3, -0.25) is 4.79 Å². The van der Waals surface area contributed by atoms with E-state index in [-0.39, 0.29) is 22.0 Å². The van der Waals surface area contributed by atoms with E-state index in [2.05, 4.69) is 5.32 Å². The van der Waals surface area contributed by atoms with Gasteiger partial charge in [-0.1, -0.05) is 41.9 Å². The summed E-state index contributed by atoms with van der Waals surface area (Å²) in [6, 6.07) is 18.2. The predicted molar refractivity (Wildman–Crippen MR) is 124 cm³/mol. The summed E-state index contributed by atoms with van der Waals surface area (Å²) in [6.45, 7) is 0.193. The second kappa shape index (κ2) is 10.0. The molecule has 0 fully saturated rings. The summed E-state index contributed by atoms with van der Waals surface area (Å²) in [6.07, 6.45) is 0. The lowest BCUT2D eigenvalue weighted by molar-refractivity contribution is 0.102. The van der Waals surface area contributed by atoms with Crippen LogP contribution in [0.2, 0.25) is 5.02 Å². The monoisotopic (exact) mass is 474 g/mol. The van der Waals surface area contributed by atoms with Crippen LogP contribution in [-0.2, 0) is 16.6 Å². The molecule has 0 unspecified atom stereocenters. The summed E-state index contributed by atoms with van der Waals surface area (Å²) in [5, 5.41) is 2.84. The van der Waals surface area contributed by atoms with Gasteiger partial charge in [-0.2, -0.15) is 4.31 Å². The molecule has 1 N–H and O–H groups in total. The number of rotatable bonds is 8. The van der Waals surface area contributed by atoms with Crippen LogP contribution in [0, 0.1) is 0 Å². The zero-order valence-corrected chi connectivity index (χ0v) is 19.4. The van der Waals surface area contributed by atoms with Crippen LogP contribution in [0.15, 0.2) is 71.6 Å². The van der Waals surface area contributed by atoms with E-state index < -0.39 is 15.9 Å². The standard InChI is InChI=1S/C23H23ClN2O5S/c1-26(15-16-7-5-4-6-8-16)32(28,29)18-10-11-20(24)19(14-18)23(27)25-17-9-12-21(30-2)22(13-17)31-3/h4-14H,15H2,1-3H3,(H,25,27). The van der Waals surface area contributed by atoms with E-state index in [9.17, 15) is 13.2 Å². The Morgan fingerprint density at radius 2 is 1.66 bits per heavy atom. The van der Waals surface area contributed by atoms with E-state index in [0.29, 0.717) is 17.2 Å². The average Bonchev–Trinajstić information content (AvgIpc) is 2.79. The number of sulfonamides is 1. The van der Waals surface area contributed by atoms with Crippen molar-refractivity contribution in [3.05, 3.63) is 82.9 Å². The number of amides is 1. The van der Waals surface area contributed by atoms with Crippen molar-refractivity contribution >= 4 is 33.2 Å². The molecule has 3 aromatic rings. The molecule has 0 aromatic heterocycles. The van der Waals surface area contributed by atoms with Gasteiger partial charge >= 0.3 is 0 Å². The molecule has 0 saturated carbocycles. The third kappa shape index (κ3) is 5.21. The molecule has 0 atom stereocenters. The molecule has 168 valence electrons. The van der Waals surface area contributed by atoms with Gasteiger partial charge in [-0.25, -0.2) is 8.42 Å². The zero-order valence-electron chi connectivity index (χ0n) is 17.8. The number of hydrogen-bond donors (Lipinski definition) is 1. The van der Waals surface area contributed by atoms with Crippen LogP contribution < -0.4 is 14.8 Å². The van der Waals surface area contributed by atoms with Crippen LogP contribution in [0.1, 0.15) is 15.9 Å². The van der Waals surface area contributed by atoms with Gasteiger partial charge in [0.1, 0.15) is 0 Å². The molecule has 0 spiro atoms. The van der Waals surface area contributed by atoms with Gasteiger partial charge < -0.3 is 14.8 Å². The van der Waals surface area contributed by atoms with Crippen LogP contribution in [0.3, 0.4) is 0 Å². The van der Waals surface area contributed by atoms with Crippen LogP contribution in [-0.4, -0.2) is 39.9 Å². The number of nitrogens with one attached hydrogen (secondary N) is 1. The first-order valence-electron chi connectivity index (χ1n) is 9.59. The van der Waals surface area contributed by atoms with Crippen molar-refractivity contribution in [2.75, 3.05) is 26.6 Å². The Bertz CT molecular complexity index is 1220. The lowest BCUT2D eigenvalue weighted by Crippen LogP contribution is -2.27. The average molecular weight is 475 g/mol. The van der Waals surface area contributed by atoms with Gasteiger partial charge in [0.15, 0.2) is 11.5 Å². The van der Waals surface area contributed by atoms with Crippen LogP contribution in [0.5, 0.6) is 11.5 Å². The number of anilines is 1. The smallest absolute Gasteiger partial charge is 0.257 e. The second-order valence-electron chi connectivity index (χ2n) is 6.91. The summed E-state index contributed by atoms with van der Waals surface area (Å²) in [5.41, 5.74) is 1.33. The highest BCUT2D eigenvalue weighted by atomic mass is 35.5. The number of hydrogen-bond acceptors (Lipinski definition) is 5. The molecule has 0 aliphatic heterocycles. The lowest BCUT2D eigenvalue weighted by Gasteiger charge is -2.18. The first-order chi connectivity index (χ1) is 15.3. The van der Waals surface area contributed by atoms with Crippen LogP contribution in [0.4, 0.5) is 5.69 Å². The molecular formula is C23H23ClN2O5S. The molecular weight excluding hydrogens is 452 g/mol. The molecule has 0 saturated heterocycles. The fraction of sp³-hybridized carbons (Fsp3) is 0.174. The van der Waals surface area contributed by atoms with Gasteiger partial charge in [0.05, 0.1) is 29.7 Å². The number of methoxy groups -OCH3 is 2. The first-order valence-corrected chi connectivity index (χ1v) is 11.4. The van der Waals surface area contributed by atoms with Crippen molar-refractivity contribution < 1.29 is 22.7 Å². The van der Waals surface area contributed by atoms with Crippen molar-refractivity contribution in [1.82, 2.24) is 4.31 Å². The number of nitrogens with zero attached hydrogens (tertiary/aromatic N) is 1. The number of halogens is 1. The Labute approximate surface area is 192 Å². The van der Waals surface area contributed by atoms with Crippen molar-refractivity contribution in [2.24, 2.45) is 0 Å². The molecule has 0 radical (unpaired) electrons. The minimum absolute atomic E-state index is 0.0298. The predicted octanol–water partition coefficient (Wildman–Crippen LogP) is 4.43. The van der Waals surface area contributed by atoms with Gasteiger partial charge in [0.25, 0.3) is 5.91 Å². The normalized spacial score (nSPS) is 11.3. The van der Waals surface area contributed by atoms with Crippen molar-refractivity contribution in [2.45, 2.75) is 11.4 Å². The summed E-state index contributed by atoms with van der Waals surface area (Å²) < 4.78 is 37.8. The fourth-order valence-corrected chi connectivity index (χ4v) is 4.45. The molecule has 3 aromatic carbocycles. The van der Waals surface area contributed by atoms with E-state index in [4.69, 9.17) is 21.1 Å². The maximum Gasteiger partial charge on any atom is 0.257 e. The zero-order chi connectivity index (χ0) is 23.3. The van der Waals surface area contributed by atoms with Gasteiger partial charge in [0.2, 0.25) is 10.0 Å². The maximum atomic E-state index is 13.1. The molecule has 7 nitrogen and oxygen atoms in total. The summed E-state index contributed by atoms with van der Waals surface area (Å²) >= 11 is 6.21. The molecule has 9 heteroatoms. The summed E-state index contributed by atoms with van der Waals surface area (Å²) in [5.74, 6) is 0.401. The number of ether oxygens (including phenoxy) is 2. The van der Waals surface area contributed by atoms with E-state index in [0.717, 1.165) is 5.56 Å². The Kier molecular flexibility index (Phi) is 7.40. The fourth-order valence-electron chi connectivity index (χ4n) is 3.06.